The Morgan fingerprint density at radius 3 is 2.92 bits per heavy atom. The van der Waals surface area contributed by atoms with Crippen molar-refractivity contribution in [2.75, 3.05) is 7.05 Å². The van der Waals surface area contributed by atoms with Crippen molar-refractivity contribution >= 4 is 5.91 Å². The number of fused-ring (bicyclic) bond motifs is 4. The van der Waals surface area contributed by atoms with E-state index < -0.39 is 0 Å². The van der Waals surface area contributed by atoms with E-state index >= 15 is 0 Å². The van der Waals surface area contributed by atoms with Gasteiger partial charge in [-0.2, -0.15) is 0 Å². The Morgan fingerprint density at radius 2 is 2.15 bits per heavy atom. The largest absolute Gasteiger partial charge is 0.355 e. The molecule has 1 aromatic rings. The number of hydrogen-bond acceptors (Lipinski definition) is 1. The molecule has 0 heterocycles. The molecule has 66 valence electrons. The summed E-state index contributed by atoms with van der Waals surface area (Å²) in [6.45, 7) is 0. The van der Waals surface area contributed by atoms with Gasteiger partial charge in [0.25, 0.3) is 5.91 Å². The summed E-state index contributed by atoms with van der Waals surface area (Å²) >= 11 is 0. The predicted octanol–water partition coefficient (Wildman–Crippen LogP) is 1.63. The Kier molecular flexibility index (Phi) is 1.17. The number of carbonyl (C=O) groups is 1. The van der Waals surface area contributed by atoms with Gasteiger partial charge in [-0.15, -0.1) is 0 Å². The Hall–Kier alpha value is -1.31. The number of rotatable bonds is 1. The summed E-state index contributed by atoms with van der Waals surface area (Å²) in [5.41, 5.74) is 3.68. The summed E-state index contributed by atoms with van der Waals surface area (Å²) in [5.74, 6) is 1.65. The van der Waals surface area contributed by atoms with E-state index in [1.807, 2.05) is 12.1 Å². The first-order valence-electron chi connectivity index (χ1n) is 4.67. The Balaban J connectivity index is 2.02. The molecule has 0 aliphatic heterocycles. The molecule has 1 fully saturated rings. The molecular weight excluding hydrogens is 162 g/mol. The minimum absolute atomic E-state index is 0.0203. The molecule has 0 aromatic heterocycles. The van der Waals surface area contributed by atoms with Gasteiger partial charge < -0.3 is 5.32 Å². The first-order chi connectivity index (χ1) is 6.31. The third-order valence-corrected chi connectivity index (χ3v) is 3.17. The molecular formula is C11H11NO. The van der Waals surface area contributed by atoms with Crippen LogP contribution in [0.3, 0.4) is 0 Å². The van der Waals surface area contributed by atoms with Gasteiger partial charge in [-0.3, -0.25) is 4.79 Å². The van der Waals surface area contributed by atoms with Crippen LogP contribution in [-0.4, -0.2) is 13.0 Å². The number of amides is 1. The first-order valence-corrected chi connectivity index (χ1v) is 4.67. The van der Waals surface area contributed by atoms with E-state index in [4.69, 9.17) is 0 Å². The highest BCUT2D eigenvalue weighted by molar-refractivity contribution is 5.94. The molecule has 1 N–H and O–H groups in total. The Morgan fingerprint density at radius 1 is 1.38 bits per heavy atom. The molecule has 1 aromatic carbocycles. The fourth-order valence-electron chi connectivity index (χ4n) is 2.31. The van der Waals surface area contributed by atoms with E-state index in [9.17, 15) is 4.79 Å². The quantitative estimate of drug-likeness (QED) is 0.687. The van der Waals surface area contributed by atoms with Crippen LogP contribution in [0.4, 0.5) is 0 Å². The summed E-state index contributed by atoms with van der Waals surface area (Å²) in [6.07, 6.45) is 1.31. The average Bonchev–Trinajstić information content (AvgIpc) is 2.87. The van der Waals surface area contributed by atoms with E-state index in [2.05, 4.69) is 11.4 Å². The smallest absolute Gasteiger partial charge is 0.251 e. The van der Waals surface area contributed by atoms with Gasteiger partial charge in [0.15, 0.2) is 0 Å². The second kappa shape index (κ2) is 2.13. The normalized spacial score (nSPS) is 26.8. The van der Waals surface area contributed by atoms with Crippen LogP contribution in [0.5, 0.6) is 0 Å². The van der Waals surface area contributed by atoms with Crippen LogP contribution in [-0.2, 0) is 0 Å². The van der Waals surface area contributed by atoms with Gasteiger partial charge in [0.2, 0.25) is 0 Å². The summed E-state index contributed by atoms with van der Waals surface area (Å²) in [6, 6.07) is 6.07. The van der Waals surface area contributed by atoms with E-state index in [-0.39, 0.29) is 5.91 Å². The van der Waals surface area contributed by atoms with Crippen molar-refractivity contribution in [3.8, 4) is 0 Å². The van der Waals surface area contributed by atoms with Crippen LogP contribution in [0.25, 0.3) is 0 Å². The lowest BCUT2D eigenvalue weighted by molar-refractivity contribution is 0.0963. The maximum absolute atomic E-state index is 11.3. The van der Waals surface area contributed by atoms with Gasteiger partial charge in [0.1, 0.15) is 0 Å². The zero-order valence-electron chi connectivity index (χ0n) is 7.50. The molecule has 2 unspecified atom stereocenters. The van der Waals surface area contributed by atoms with Gasteiger partial charge in [-0.25, -0.2) is 0 Å². The highest BCUT2D eigenvalue weighted by Crippen LogP contribution is 2.65. The van der Waals surface area contributed by atoms with E-state index in [1.165, 1.54) is 17.5 Å². The molecule has 0 radical (unpaired) electrons. The molecule has 0 spiro atoms. The number of hydrogen-bond donors (Lipinski definition) is 1. The monoisotopic (exact) mass is 173 g/mol. The minimum atomic E-state index is 0.0203. The van der Waals surface area contributed by atoms with Crippen LogP contribution in [0, 0.1) is 0 Å². The minimum Gasteiger partial charge on any atom is -0.355 e. The SMILES string of the molecule is CNC(=O)c1ccc2c(c1)C1CC21. The standard InChI is InChI=1S/C11H11NO/c1-12-11(13)6-2-3-7-8(4-6)10-5-9(7)10/h2-4,9-10H,5H2,1H3,(H,12,13). The highest BCUT2D eigenvalue weighted by Gasteiger charge is 2.50. The van der Waals surface area contributed by atoms with Crippen molar-refractivity contribution in [3.63, 3.8) is 0 Å². The van der Waals surface area contributed by atoms with Gasteiger partial charge >= 0.3 is 0 Å². The van der Waals surface area contributed by atoms with Crippen LogP contribution < -0.4 is 5.32 Å². The van der Waals surface area contributed by atoms with Gasteiger partial charge in [0, 0.05) is 12.6 Å². The summed E-state index contributed by atoms with van der Waals surface area (Å²) in [5, 5.41) is 2.64. The highest BCUT2D eigenvalue weighted by atomic mass is 16.1. The fraction of sp³-hybridized carbons (Fsp3) is 0.364. The maximum atomic E-state index is 11.3. The molecule has 2 heteroatoms. The van der Waals surface area contributed by atoms with Crippen molar-refractivity contribution in [2.45, 2.75) is 18.3 Å². The lowest BCUT2D eigenvalue weighted by atomic mass is 9.87. The van der Waals surface area contributed by atoms with Crippen molar-refractivity contribution in [2.24, 2.45) is 0 Å². The molecule has 13 heavy (non-hydrogen) atoms. The van der Waals surface area contributed by atoms with E-state index in [0.717, 1.165) is 17.4 Å². The summed E-state index contributed by atoms with van der Waals surface area (Å²) in [4.78, 5) is 11.3. The molecule has 1 saturated carbocycles. The van der Waals surface area contributed by atoms with Crippen molar-refractivity contribution in [3.05, 3.63) is 34.9 Å². The fourth-order valence-corrected chi connectivity index (χ4v) is 2.31. The van der Waals surface area contributed by atoms with Crippen LogP contribution >= 0.6 is 0 Å². The Labute approximate surface area is 77.0 Å². The Bertz CT molecular complexity index is 397. The van der Waals surface area contributed by atoms with Gasteiger partial charge in [-0.05, 0) is 41.5 Å². The van der Waals surface area contributed by atoms with E-state index in [0.29, 0.717) is 0 Å². The van der Waals surface area contributed by atoms with Gasteiger partial charge in [0.05, 0.1) is 0 Å². The molecule has 1 amide bonds. The molecule has 0 saturated heterocycles. The number of benzene rings is 1. The van der Waals surface area contributed by atoms with Crippen molar-refractivity contribution in [1.82, 2.24) is 5.32 Å². The number of carbonyl (C=O) groups excluding carboxylic acids is 1. The van der Waals surface area contributed by atoms with Crippen LogP contribution in [0.2, 0.25) is 0 Å². The molecule has 2 atom stereocenters. The molecule has 3 rings (SSSR count). The summed E-state index contributed by atoms with van der Waals surface area (Å²) < 4.78 is 0. The maximum Gasteiger partial charge on any atom is 0.251 e. The second-order valence-corrected chi connectivity index (χ2v) is 3.87. The molecule has 0 bridgehead atoms. The third-order valence-electron chi connectivity index (χ3n) is 3.17. The molecule has 2 aliphatic rings. The molecule has 2 nitrogen and oxygen atoms in total. The predicted molar refractivity (Wildman–Crippen MR) is 49.9 cm³/mol. The third kappa shape index (κ3) is 0.804. The average molecular weight is 173 g/mol. The number of nitrogens with one attached hydrogen (secondary N) is 1. The summed E-state index contributed by atoms with van der Waals surface area (Å²) in [7, 11) is 1.67. The van der Waals surface area contributed by atoms with Crippen molar-refractivity contribution < 1.29 is 4.79 Å². The van der Waals surface area contributed by atoms with Crippen molar-refractivity contribution in [1.29, 1.82) is 0 Å². The van der Waals surface area contributed by atoms with Crippen LogP contribution in [0.1, 0.15) is 39.7 Å². The zero-order chi connectivity index (χ0) is 9.00. The lowest BCUT2D eigenvalue weighted by Crippen LogP contribution is -2.18. The zero-order valence-corrected chi connectivity index (χ0v) is 7.50. The van der Waals surface area contributed by atoms with E-state index in [1.54, 1.807) is 7.05 Å². The first kappa shape index (κ1) is 7.13. The second-order valence-electron chi connectivity index (χ2n) is 3.87. The van der Waals surface area contributed by atoms with Crippen LogP contribution in [0.15, 0.2) is 18.2 Å². The van der Waals surface area contributed by atoms with Gasteiger partial charge in [-0.1, -0.05) is 6.07 Å². The lowest BCUT2D eigenvalue weighted by Gasteiger charge is -2.18. The topological polar surface area (TPSA) is 29.1 Å². The molecule has 2 aliphatic carbocycles.